The molecule has 0 amide bonds. The lowest BCUT2D eigenvalue weighted by molar-refractivity contribution is 0.266. The van der Waals surface area contributed by atoms with Gasteiger partial charge in [-0.05, 0) is 66.9 Å². The lowest BCUT2D eigenvalue weighted by atomic mass is 10.0. The van der Waals surface area contributed by atoms with Crippen LogP contribution in [0.3, 0.4) is 0 Å². The molecule has 2 aromatic carbocycles. The first-order valence-corrected chi connectivity index (χ1v) is 13.8. The number of nitrogens with one attached hydrogen (secondary N) is 2. The van der Waals surface area contributed by atoms with Gasteiger partial charge in [0.05, 0.1) is 17.2 Å². The van der Waals surface area contributed by atoms with E-state index in [9.17, 15) is 4.39 Å². The van der Waals surface area contributed by atoms with Gasteiger partial charge in [0.2, 0.25) is 0 Å². The highest BCUT2D eigenvalue weighted by atomic mass is 19.1. The van der Waals surface area contributed by atoms with E-state index in [4.69, 9.17) is 4.98 Å². The first-order chi connectivity index (χ1) is 19.1. The van der Waals surface area contributed by atoms with Crippen LogP contribution < -0.4 is 0 Å². The predicted octanol–water partition coefficient (Wildman–Crippen LogP) is 7.97. The molecular weight excluding hydrogens is 487 g/mol. The average molecular weight is 525 g/mol. The fourth-order valence-corrected chi connectivity index (χ4v) is 4.68. The SMILES string of the molecule is CC.CCCN(CCC)Cc1cncc(/C=C/c2cn[nH]c2-c2nc3c(-c4cccc(F)c4)cccc3[nH]2)c1. The van der Waals surface area contributed by atoms with Crippen LogP contribution in [0.15, 0.2) is 67.1 Å². The van der Waals surface area contributed by atoms with Crippen molar-refractivity contribution in [3.63, 3.8) is 0 Å². The molecule has 0 radical (unpaired) electrons. The molecule has 0 bridgehead atoms. The quantitative estimate of drug-likeness (QED) is 0.194. The maximum atomic E-state index is 13.9. The van der Waals surface area contributed by atoms with Gasteiger partial charge in [-0.1, -0.05) is 64.1 Å². The van der Waals surface area contributed by atoms with E-state index in [1.807, 2.05) is 56.6 Å². The third kappa shape index (κ3) is 6.86. The predicted molar refractivity (Wildman–Crippen MR) is 159 cm³/mol. The van der Waals surface area contributed by atoms with Gasteiger partial charge in [-0.2, -0.15) is 5.10 Å². The number of pyridine rings is 1. The van der Waals surface area contributed by atoms with Crippen molar-refractivity contribution >= 4 is 23.2 Å². The maximum absolute atomic E-state index is 13.9. The number of hydrogen-bond acceptors (Lipinski definition) is 4. The molecule has 0 unspecified atom stereocenters. The van der Waals surface area contributed by atoms with Gasteiger partial charge in [0, 0.05) is 30.1 Å². The number of rotatable bonds is 10. The van der Waals surface area contributed by atoms with Gasteiger partial charge >= 0.3 is 0 Å². The van der Waals surface area contributed by atoms with Crippen LogP contribution in [-0.2, 0) is 6.54 Å². The molecular formula is C32H37FN6. The number of hydrogen-bond donors (Lipinski definition) is 2. The number of para-hydroxylation sites is 1. The Kier molecular flexibility index (Phi) is 9.75. The highest BCUT2D eigenvalue weighted by Crippen LogP contribution is 2.30. The van der Waals surface area contributed by atoms with E-state index >= 15 is 0 Å². The lowest BCUT2D eigenvalue weighted by Crippen LogP contribution is -2.24. The van der Waals surface area contributed by atoms with Gasteiger partial charge in [0.25, 0.3) is 0 Å². The molecule has 0 saturated heterocycles. The van der Waals surface area contributed by atoms with Crippen molar-refractivity contribution in [1.82, 2.24) is 30.0 Å². The van der Waals surface area contributed by atoms with Crippen LogP contribution in [0.2, 0.25) is 0 Å². The number of aromatic amines is 2. The third-order valence-corrected chi connectivity index (χ3v) is 6.31. The minimum absolute atomic E-state index is 0.270. The third-order valence-electron chi connectivity index (χ3n) is 6.31. The molecule has 5 rings (SSSR count). The standard InChI is InChI=1S/C30H31FN6.C2H6/c1-3-13-37(14-4-2)20-22-15-21(17-32-18-22)11-12-24-19-33-36-28(24)30-34-27-10-6-9-26(29(27)35-30)23-7-5-8-25(31)16-23;1-2/h5-12,15-19H,3-4,13-14,20H2,1-2H3,(H,33,36)(H,34,35);1-2H3/b12-11+;. The summed E-state index contributed by atoms with van der Waals surface area (Å²) in [4.78, 5) is 15.2. The summed E-state index contributed by atoms with van der Waals surface area (Å²) in [7, 11) is 0. The zero-order valence-electron chi connectivity index (χ0n) is 23.2. The molecule has 6 nitrogen and oxygen atoms in total. The second-order valence-electron chi connectivity index (χ2n) is 9.23. The first kappa shape index (κ1) is 27.9. The summed E-state index contributed by atoms with van der Waals surface area (Å²) in [6.45, 7) is 11.5. The van der Waals surface area contributed by atoms with Crippen LogP contribution in [0.1, 0.15) is 57.2 Å². The molecule has 3 heterocycles. The van der Waals surface area contributed by atoms with Crippen LogP contribution in [0.5, 0.6) is 0 Å². The van der Waals surface area contributed by atoms with Crippen LogP contribution in [0.25, 0.3) is 45.8 Å². The van der Waals surface area contributed by atoms with E-state index < -0.39 is 0 Å². The zero-order chi connectivity index (χ0) is 27.6. The average Bonchev–Trinajstić information content (AvgIpc) is 3.60. The molecule has 0 aliphatic rings. The van der Waals surface area contributed by atoms with Crippen LogP contribution in [0.4, 0.5) is 4.39 Å². The van der Waals surface area contributed by atoms with Crippen LogP contribution in [-0.4, -0.2) is 43.1 Å². The molecule has 0 aliphatic heterocycles. The van der Waals surface area contributed by atoms with Crippen molar-refractivity contribution in [2.45, 2.75) is 47.1 Å². The summed E-state index contributed by atoms with van der Waals surface area (Å²) in [6.07, 6.45) is 12.0. The fraction of sp³-hybridized carbons (Fsp3) is 0.281. The molecule has 3 aromatic heterocycles. The summed E-state index contributed by atoms with van der Waals surface area (Å²) in [6, 6.07) is 14.6. The second-order valence-corrected chi connectivity index (χ2v) is 9.23. The summed E-state index contributed by atoms with van der Waals surface area (Å²) >= 11 is 0. The Morgan fingerprint density at radius 3 is 2.49 bits per heavy atom. The van der Waals surface area contributed by atoms with Gasteiger partial charge in [0.15, 0.2) is 5.82 Å². The van der Waals surface area contributed by atoms with E-state index in [1.54, 1.807) is 12.3 Å². The molecule has 202 valence electrons. The fourth-order valence-electron chi connectivity index (χ4n) is 4.68. The Morgan fingerprint density at radius 2 is 1.72 bits per heavy atom. The van der Waals surface area contributed by atoms with E-state index in [-0.39, 0.29) is 5.82 Å². The number of aromatic nitrogens is 5. The minimum Gasteiger partial charge on any atom is -0.337 e. The monoisotopic (exact) mass is 524 g/mol. The van der Waals surface area contributed by atoms with E-state index in [0.29, 0.717) is 5.82 Å². The molecule has 0 atom stereocenters. The Hall–Kier alpha value is -4.10. The van der Waals surface area contributed by atoms with Crippen molar-refractivity contribution in [3.8, 4) is 22.6 Å². The summed E-state index contributed by atoms with van der Waals surface area (Å²) < 4.78 is 13.9. The Morgan fingerprint density at radius 1 is 0.923 bits per heavy atom. The van der Waals surface area contributed by atoms with Crippen molar-refractivity contribution < 1.29 is 4.39 Å². The number of fused-ring (bicyclic) bond motifs is 1. The number of benzene rings is 2. The highest BCUT2D eigenvalue weighted by molar-refractivity contribution is 5.94. The number of H-pyrrole nitrogens is 2. The Balaban J connectivity index is 0.00000172. The van der Waals surface area contributed by atoms with Crippen molar-refractivity contribution in [1.29, 1.82) is 0 Å². The topological polar surface area (TPSA) is 73.5 Å². The lowest BCUT2D eigenvalue weighted by Gasteiger charge is -2.20. The maximum Gasteiger partial charge on any atom is 0.157 e. The molecule has 39 heavy (non-hydrogen) atoms. The van der Waals surface area contributed by atoms with E-state index in [1.165, 1.54) is 17.7 Å². The minimum atomic E-state index is -0.270. The molecule has 5 aromatic rings. The normalized spacial score (nSPS) is 11.3. The summed E-state index contributed by atoms with van der Waals surface area (Å²) in [5.41, 5.74) is 7.27. The molecule has 2 N–H and O–H groups in total. The number of imidazole rings is 1. The largest absolute Gasteiger partial charge is 0.337 e. The summed E-state index contributed by atoms with van der Waals surface area (Å²) in [5, 5.41) is 7.34. The number of halogens is 1. The molecule has 0 spiro atoms. The molecule has 0 saturated carbocycles. The second kappa shape index (κ2) is 13.6. The highest BCUT2D eigenvalue weighted by Gasteiger charge is 2.14. The smallest absolute Gasteiger partial charge is 0.157 e. The molecule has 0 aliphatic carbocycles. The number of nitrogens with zero attached hydrogens (tertiary/aromatic N) is 4. The van der Waals surface area contributed by atoms with Crippen molar-refractivity contribution in [2.24, 2.45) is 0 Å². The van der Waals surface area contributed by atoms with Crippen LogP contribution in [0, 0.1) is 5.82 Å². The van der Waals surface area contributed by atoms with Gasteiger partial charge in [-0.25, -0.2) is 9.37 Å². The zero-order valence-corrected chi connectivity index (χ0v) is 23.2. The van der Waals surface area contributed by atoms with E-state index in [2.05, 4.69) is 51.1 Å². The first-order valence-electron chi connectivity index (χ1n) is 13.8. The summed E-state index contributed by atoms with van der Waals surface area (Å²) in [5.74, 6) is 0.408. The van der Waals surface area contributed by atoms with Gasteiger partial charge in [-0.15, -0.1) is 0 Å². The van der Waals surface area contributed by atoms with Crippen molar-refractivity contribution in [3.05, 3.63) is 89.6 Å². The molecule has 0 fully saturated rings. The molecule has 7 heteroatoms. The van der Waals surface area contributed by atoms with Crippen molar-refractivity contribution in [2.75, 3.05) is 13.1 Å². The van der Waals surface area contributed by atoms with Gasteiger partial charge < -0.3 is 4.98 Å². The Labute approximate surface area is 230 Å². The Bertz CT molecular complexity index is 1510. The van der Waals surface area contributed by atoms with Gasteiger partial charge in [-0.3, -0.25) is 15.0 Å². The van der Waals surface area contributed by atoms with Crippen LogP contribution >= 0.6 is 0 Å². The van der Waals surface area contributed by atoms with E-state index in [0.717, 1.165) is 71.5 Å². The van der Waals surface area contributed by atoms with Gasteiger partial charge in [0.1, 0.15) is 11.5 Å².